The van der Waals surface area contributed by atoms with Crippen molar-refractivity contribution < 1.29 is 5.48 Å². The highest BCUT2D eigenvalue weighted by atomic mass is 16.0. The van der Waals surface area contributed by atoms with Crippen LogP contribution in [0.15, 0.2) is 0 Å². The Hall–Kier alpha value is -0.0800. The van der Waals surface area contributed by atoms with E-state index >= 15 is 0 Å². The van der Waals surface area contributed by atoms with Gasteiger partial charge in [-0.15, -0.1) is 0 Å². The van der Waals surface area contributed by atoms with E-state index in [-0.39, 0.29) is 5.48 Å². The van der Waals surface area contributed by atoms with Crippen molar-refractivity contribution in [2.45, 2.75) is 117 Å². The largest absolute Gasteiger partial charge is 0.412 e. The van der Waals surface area contributed by atoms with Gasteiger partial charge in [0.1, 0.15) is 0 Å². The number of unbranched alkanes of at least 4 members (excludes halogenated alkanes) is 8. The summed E-state index contributed by atoms with van der Waals surface area (Å²) in [5, 5.41) is 0. The van der Waals surface area contributed by atoms with E-state index in [0.29, 0.717) is 11.5 Å². The summed E-state index contributed by atoms with van der Waals surface area (Å²) < 4.78 is 0. The lowest BCUT2D eigenvalue weighted by molar-refractivity contribution is 0.0896. The predicted octanol–water partition coefficient (Wildman–Crippen LogP) is 5.63. The van der Waals surface area contributed by atoms with Crippen molar-refractivity contribution >= 4 is 0 Å². The maximum absolute atomic E-state index is 6.57. The second-order valence-corrected chi connectivity index (χ2v) is 7.88. The Labute approximate surface area is 139 Å². The fourth-order valence-corrected chi connectivity index (χ4v) is 4.09. The molecule has 3 atom stereocenters. The molecule has 4 N–H and O–H groups in total. The minimum atomic E-state index is 0. The molecule has 1 aliphatic carbocycles. The molecule has 1 saturated carbocycles. The van der Waals surface area contributed by atoms with Crippen LogP contribution in [0.25, 0.3) is 0 Å². The first-order chi connectivity index (χ1) is 10.1. The maximum atomic E-state index is 6.57. The Morgan fingerprint density at radius 2 is 1.50 bits per heavy atom. The average molecular weight is 314 g/mol. The molecule has 22 heavy (non-hydrogen) atoms. The summed E-state index contributed by atoms with van der Waals surface area (Å²) in [6.07, 6.45) is 19.5. The molecule has 1 fully saturated rings. The second-order valence-electron chi connectivity index (χ2n) is 7.88. The van der Waals surface area contributed by atoms with E-state index in [1.54, 1.807) is 0 Å². The summed E-state index contributed by atoms with van der Waals surface area (Å²) in [7, 11) is 0. The Balaban J connectivity index is 0.00000441. The van der Waals surface area contributed by atoms with Gasteiger partial charge in [0, 0.05) is 6.04 Å². The van der Waals surface area contributed by atoms with Crippen LogP contribution in [-0.4, -0.2) is 11.5 Å². The zero-order chi connectivity index (χ0) is 15.6. The van der Waals surface area contributed by atoms with Crippen LogP contribution in [-0.2, 0) is 0 Å². The number of nitrogens with two attached hydrogens (primary N) is 1. The van der Waals surface area contributed by atoms with Crippen molar-refractivity contribution in [2.24, 2.45) is 17.1 Å². The van der Waals surface area contributed by atoms with E-state index in [4.69, 9.17) is 5.73 Å². The first kappa shape index (κ1) is 21.9. The Bertz CT molecular complexity index is 256. The van der Waals surface area contributed by atoms with Crippen molar-refractivity contribution in [2.75, 3.05) is 0 Å². The Morgan fingerprint density at radius 3 is 2.05 bits per heavy atom. The summed E-state index contributed by atoms with van der Waals surface area (Å²) in [6.45, 7) is 7.17. The van der Waals surface area contributed by atoms with Gasteiger partial charge in [0.15, 0.2) is 0 Å². The first-order valence-corrected chi connectivity index (χ1v) is 9.87. The van der Waals surface area contributed by atoms with E-state index in [1.165, 1.54) is 89.9 Å². The molecule has 2 heteroatoms. The highest BCUT2D eigenvalue weighted by Crippen LogP contribution is 2.43. The topological polar surface area (TPSA) is 57.5 Å². The number of hydrogen-bond acceptors (Lipinski definition) is 1. The fourth-order valence-electron chi connectivity index (χ4n) is 4.09. The third kappa shape index (κ3) is 7.46. The molecule has 0 amide bonds. The van der Waals surface area contributed by atoms with Gasteiger partial charge in [0.2, 0.25) is 0 Å². The third-order valence-corrected chi connectivity index (χ3v) is 6.19. The van der Waals surface area contributed by atoms with Crippen LogP contribution in [0.3, 0.4) is 0 Å². The molecule has 0 heterocycles. The molecular weight excluding hydrogens is 270 g/mol. The minimum Gasteiger partial charge on any atom is -0.412 e. The van der Waals surface area contributed by atoms with Gasteiger partial charge < -0.3 is 11.2 Å². The predicted molar refractivity (Wildman–Crippen MR) is 99.2 cm³/mol. The van der Waals surface area contributed by atoms with Gasteiger partial charge in [0.25, 0.3) is 0 Å². The molecule has 0 aliphatic heterocycles. The second kappa shape index (κ2) is 12.4. The van der Waals surface area contributed by atoms with Crippen LogP contribution in [0, 0.1) is 11.3 Å². The Kier molecular flexibility index (Phi) is 12.3. The monoisotopic (exact) mass is 313 g/mol. The molecule has 2 nitrogen and oxygen atoms in total. The summed E-state index contributed by atoms with van der Waals surface area (Å²) in [5.41, 5.74) is 6.98. The van der Waals surface area contributed by atoms with Crippen LogP contribution in [0.4, 0.5) is 0 Å². The number of hydrogen-bond donors (Lipinski definition) is 1. The molecule has 0 spiro atoms. The standard InChI is InChI=1S/C20H41N.H2O/c1-4-5-6-7-8-9-10-11-12-16-19(21)20(3)17-14-13-15-18(20)2;/h18-19H,4-17,21H2,1-3H3;1H2. The van der Waals surface area contributed by atoms with Gasteiger partial charge in [-0.25, -0.2) is 0 Å². The quantitative estimate of drug-likeness (QED) is 0.494. The number of rotatable bonds is 11. The molecule has 0 saturated heterocycles. The summed E-state index contributed by atoms with van der Waals surface area (Å²) >= 11 is 0. The van der Waals surface area contributed by atoms with Gasteiger partial charge in [-0.3, -0.25) is 0 Å². The fraction of sp³-hybridized carbons (Fsp3) is 1.00. The van der Waals surface area contributed by atoms with Crippen molar-refractivity contribution in [3.05, 3.63) is 0 Å². The third-order valence-electron chi connectivity index (χ3n) is 6.19. The molecule has 1 aliphatic rings. The van der Waals surface area contributed by atoms with E-state index in [0.717, 1.165) is 5.92 Å². The lowest BCUT2D eigenvalue weighted by Crippen LogP contribution is -2.45. The lowest BCUT2D eigenvalue weighted by atomic mass is 9.63. The first-order valence-electron chi connectivity index (χ1n) is 9.87. The van der Waals surface area contributed by atoms with Crippen LogP contribution in [0.5, 0.6) is 0 Å². The molecule has 0 aromatic carbocycles. The van der Waals surface area contributed by atoms with Crippen molar-refractivity contribution in [1.29, 1.82) is 0 Å². The minimum absolute atomic E-state index is 0. The highest BCUT2D eigenvalue weighted by molar-refractivity contribution is 4.91. The van der Waals surface area contributed by atoms with Gasteiger partial charge in [-0.2, -0.15) is 0 Å². The zero-order valence-corrected chi connectivity index (χ0v) is 15.6. The molecule has 1 rings (SSSR count). The summed E-state index contributed by atoms with van der Waals surface area (Å²) in [5.74, 6) is 0.819. The smallest absolute Gasteiger partial charge is 0.00954 e. The van der Waals surface area contributed by atoms with Crippen molar-refractivity contribution in [3.63, 3.8) is 0 Å². The SMILES string of the molecule is CCCCCCCCCCCC(N)C1(C)CCCCC1C.O. The Morgan fingerprint density at radius 1 is 0.955 bits per heavy atom. The zero-order valence-electron chi connectivity index (χ0n) is 15.6. The molecular formula is C20H43NO. The molecule has 0 radical (unpaired) electrons. The van der Waals surface area contributed by atoms with Gasteiger partial charge in [-0.05, 0) is 24.2 Å². The van der Waals surface area contributed by atoms with E-state index in [1.807, 2.05) is 0 Å². The summed E-state index contributed by atoms with van der Waals surface area (Å²) in [4.78, 5) is 0. The van der Waals surface area contributed by atoms with E-state index < -0.39 is 0 Å². The molecule has 134 valence electrons. The average Bonchev–Trinajstić information content (AvgIpc) is 2.48. The molecule has 3 unspecified atom stereocenters. The van der Waals surface area contributed by atoms with Crippen molar-refractivity contribution in [1.82, 2.24) is 0 Å². The van der Waals surface area contributed by atoms with Gasteiger partial charge in [0.05, 0.1) is 0 Å². The van der Waals surface area contributed by atoms with E-state index in [2.05, 4.69) is 20.8 Å². The van der Waals surface area contributed by atoms with Crippen molar-refractivity contribution in [3.8, 4) is 0 Å². The molecule has 0 aromatic heterocycles. The summed E-state index contributed by atoms with van der Waals surface area (Å²) in [6, 6.07) is 0.428. The van der Waals surface area contributed by atoms with Gasteiger partial charge in [-0.1, -0.05) is 97.8 Å². The van der Waals surface area contributed by atoms with Crippen LogP contribution in [0.2, 0.25) is 0 Å². The van der Waals surface area contributed by atoms with Crippen LogP contribution in [0.1, 0.15) is 111 Å². The highest BCUT2D eigenvalue weighted by Gasteiger charge is 2.38. The normalized spacial score (nSPS) is 26.5. The molecule has 0 aromatic rings. The van der Waals surface area contributed by atoms with Gasteiger partial charge >= 0.3 is 0 Å². The van der Waals surface area contributed by atoms with E-state index in [9.17, 15) is 0 Å². The lowest BCUT2D eigenvalue weighted by Gasteiger charge is -2.44. The van der Waals surface area contributed by atoms with Crippen LogP contribution < -0.4 is 5.73 Å². The van der Waals surface area contributed by atoms with Crippen LogP contribution >= 0.6 is 0 Å². The maximum Gasteiger partial charge on any atom is 0.00954 e. The molecule has 0 bridgehead atoms.